The summed E-state index contributed by atoms with van der Waals surface area (Å²) in [5, 5.41) is 11.7. The summed E-state index contributed by atoms with van der Waals surface area (Å²) in [6.45, 7) is 4.18. The molecule has 20 heavy (non-hydrogen) atoms. The summed E-state index contributed by atoms with van der Waals surface area (Å²) < 4.78 is 1.46. The van der Waals surface area contributed by atoms with E-state index >= 15 is 0 Å². The molecule has 1 aromatic heterocycles. The number of nitrogens with one attached hydrogen (secondary N) is 1. The van der Waals surface area contributed by atoms with Crippen molar-refractivity contribution < 1.29 is 4.79 Å². The zero-order valence-corrected chi connectivity index (χ0v) is 12.9. The van der Waals surface area contributed by atoms with Gasteiger partial charge in [0.1, 0.15) is 0 Å². The number of aromatic nitrogens is 3. The minimum absolute atomic E-state index is 0.0507. The van der Waals surface area contributed by atoms with E-state index in [9.17, 15) is 4.79 Å². The molecule has 112 valence electrons. The number of aryl methyl sites for hydroxylation is 1. The van der Waals surface area contributed by atoms with Gasteiger partial charge in [0.05, 0.1) is 5.75 Å². The molecule has 1 aliphatic rings. The Kier molecular flexibility index (Phi) is 5.28. The molecule has 1 aliphatic carbocycles. The highest BCUT2D eigenvalue weighted by atomic mass is 32.2. The molecule has 1 heterocycles. The first-order valence-electron chi connectivity index (χ1n) is 7.23. The maximum absolute atomic E-state index is 12.0. The first-order valence-corrected chi connectivity index (χ1v) is 8.22. The topological polar surface area (TPSA) is 85.8 Å². The van der Waals surface area contributed by atoms with Crippen LogP contribution in [0.1, 0.15) is 45.4 Å². The van der Waals surface area contributed by atoms with Crippen LogP contribution in [0, 0.1) is 5.92 Å². The van der Waals surface area contributed by atoms with E-state index in [4.69, 9.17) is 5.84 Å². The van der Waals surface area contributed by atoms with Crippen molar-refractivity contribution in [2.24, 2.45) is 5.92 Å². The molecule has 6 nitrogen and oxygen atoms in total. The van der Waals surface area contributed by atoms with Gasteiger partial charge >= 0.3 is 0 Å². The molecule has 1 amide bonds. The Morgan fingerprint density at radius 1 is 1.45 bits per heavy atom. The van der Waals surface area contributed by atoms with Gasteiger partial charge in [-0.05, 0) is 18.8 Å². The summed E-state index contributed by atoms with van der Waals surface area (Å²) >= 11 is 1.33. The van der Waals surface area contributed by atoms with Gasteiger partial charge in [-0.1, -0.05) is 38.5 Å². The fourth-order valence-corrected chi connectivity index (χ4v) is 3.24. The minimum Gasteiger partial charge on any atom is -0.352 e. The van der Waals surface area contributed by atoms with Gasteiger partial charge in [-0.15, -0.1) is 10.2 Å². The van der Waals surface area contributed by atoms with Gasteiger partial charge < -0.3 is 11.2 Å². The Morgan fingerprint density at radius 2 is 2.20 bits per heavy atom. The predicted octanol–water partition coefficient (Wildman–Crippen LogP) is 1.34. The highest BCUT2D eigenvalue weighted by Crippen LogP contribution is 2.24. The van der Waals surface area contributed by atoms with Gasteiger partial charge in [-0.2, -0.15) is 0 Å². The third-order valence-corrected chi connectivity index (χ3v) is 4.78. The van der Waals surface area contributed by atoms with Crippen LogP contribution in [0.2, 0.25) is 0 Å². The second-order valence-electron chi connectivity index (χ2n) is 5.35. The van der Waals surface area contributed by atoms with Crippen molar-refractivity contribution in [3.8, 4) is 0 Å². The molecule has 0 saturated heterocycles. The van der Waals surface area contributed by atoms with Crippen molar-refractivity contribution >= 4 is 17.7 Å². The second kappa shape index (κ2) is 6.97. The lowest BCUT2D eigenvalue weighted by atomic mass is 9.86. The van der Waals surface area contributed by atoms with Gasteiger partial charge in [0.25, 0.3) is 0 Å². The molecule has 7 heteroatoms. The fourth-order valence-electron chi connectivity index (χ4n) is 2.56. The Labute approximate surface area is 123 Å². The van der Waals surface area contributed by atoms with Crippen molar-refractivity contribution in [1.29, 1.82) is 0 Å². The Hall–Kier alpha value is -1.24. The van der Waals surface area contributed by atoms with Crippen molar-refractivity contribution in [2.45, 2.75) is 57.1 Å². The molecule has 0 aliphatic heterocycles. The van der Waals surface area contributed by atoms with E-state index in [1.54, 1.807) is 0 Å². The molecular formula is C13H23N5OS. The highest BCUT2D eigenvalue weighted by molar-refractivity contribution is 7.99. The van der Waals surface area contributed by atoms with Crippen LogP contribution < -0.4 is 11.2 Å². The number of carbonyl (C=O) groups is 1. The standard InChI is InChI=1S/C13H23N5OS/c1-3-11-16-17-13(18(11)14)20-8-12(19)15-10-7-5-4-6-9(10)2/h9-10H,3-8,14H2,1-2H3,(H,15,19)/t9-,10-/m0/s1. The number of carbonyl (C=O) groups excluding carboxylic acids is 1. The van der Waals surface area contributed by atoms with Crippen LogP contribution in [0.25, 0.3) is 0 Å². The molecule has 2 rings (SSSR count). The smallest absolute Gasteiger partial charge is 0.230 e. The second-order valence-corrected chi connectivity index (χ2v) is 6.29. The maximum atomic E-state index is 12.0. The molecule has 0 unspecified atom stereocenters. The van der Waals surface area contributed by atoms with Crippen molar-refractivity contribution in [1.82, 2.24) is 20.2 Å². The van der Waals surface area contributed by atoms with Crippen LogP contribution >= 0.6 is 11.8 Å². The lowest BCUT2D eigenvalue weighted by Gasteiger charge is -2.29. The average Bonchev–Trinajstić information content (AvgIpc) is 2.79. The molecule has 3 N–H and O–H groups in total. The third-order valence-electron chi connectivity index (χ3n) is 3.84. The highest BCUT2D eigenvalue weighted by Gasteiger charge is 2.23. The molecule has 0 aromatic carbocycles. The quantitative estimate of drug-likeness (QED) is 0.633. The number of amides is 1. The van der Waals surface area contributed by atoms with Crippen molar-refractivity contribution in [3.05, 3.63) is 5.82 Å². The predicted molar refractivity (Wildman–Crippen MR) is 79.8 cm³/mol. The Bertz CT molecular complexity index is 462. The van der Waals surface area contributed by atoms with Gasteiger partial charge in [-0.25, -0.2) is 4.68 Å². The van der Waals surface area contributed by atoms with E-state index in [-0.39, 0.29) is 5.91 Å². The number of nitrogens with zero attached hydrogens (tertiary/aromatic N) is 3. The largest absolute Gasteiger partial charge is 0.352 e. The van der Waals surface area contributed by atoms with E-state index in [1.807, 2.05) is 6.92 Å². The molecule has 0 radical (unpaired) electrons. The number of hydrogen-bond acceptors (Lipinski definition) is 5. The molecule has 2 atom stereocenters. The van der Waals surface area contributed by atoms with Gasteiger partial charge in [-0.3, -0.25) is 4.79 Å². The maximum Gasteiger partial charge on any atom is 0.230 e. The summed E-state index contributed by atoms with van der Waals surface area (Å²) in [6, 6.07) is 0.318. The summed E-state index contributed by atoms with van der Waals surface area (Å²) in [5.41, 5.74) is 0. The molecule has 1 aromatic rings. The summed E-state index contributed by atoms with van der Waals surface area (Å²) in [7, 11) is 0. The number of nitrogens with two attached hydrogens (primary N) is 1. The van der Waals surface area contributed by atoms with Crippen LogP contribution in [0.15, 0.2) is 5.16 Å². The summed E-state index contributed by atoms with van der Waals surface area (Å²) in [5.74, 6) is 7.53. The first kappa shape index (κ1) is 15.2. The van der Waals surface area contributed by atoms with Gasteiger partial charge in [0, 0.05) is 12.5 Å². The summed E-state index contributed by atoms with van der Waals surface area (Å²) in [4.78, 5) is 12.0. The normalized spacial score (nSPS) is 22.7. The lowest BCUT2D eigenvalue weighted by molar-refractivity contribution is -0.119. The van der Waals surface area contributed by atoms with Crippen LogP contribution in [0.5, 0.6) is 0 Å². The monoisotopic (exact) mass is 297 g/mol. The van der Waals surface area contributed by atoms with Crippen LogP contribution in [-0.4, -0.2) is 32.6 Å². The van der Waals surface area contributed by atoms with E-state index < -0.39 is 0 Å². The van der Waals surface area contributed by atoms with Gasteiger partial charge in [0.15, 0.2) is 5.82 Å². The Morgan fingerprint density at radius 3 is 2.85 bits per heavy atom. The number of nitrogen functional groups attached to an aromatic ring is 1. The van der Waals surface area contributed by atoms with Crippen LogP contribution in [-0.2, 0) is 11.2 Å². The summed E-state index contributed by atoms with van der Waals surface area (Å²) in [6.07, 6.45) is 5.51. The number of hydrogen-bond donors (Lipinski definition) is 2. The molecule has 1 saturated carbocycles. The van der Waals surface area contributed by atoms with E-state index in [0.29, 0.717) is 22.9 Å². The molecule has 1 fully saturated rings. The molecular weight excluding hydrogens is 274 g/mol. The Balaban J connectivity index is 1.81. The number of rotatable bonds is 5. The van der Waals surface area contributed by atoms with Crippen LogP contribution in [0.3, 0.4) is 0 Å². The van der Waals surface area contributed by atoms with E-state index in [2.05, 4.69) is 22.4 Å². The minimum atomic E-state index is 0.0507. The van der Waals surface area contributed by atoms with Crippen LogP contribution in [0.4, 0.5) is 0 Å². The van der Waals surface area contributed by atoms with Crippen molar-refractivity contribution in [2.75, 3.05) is 11.6 Å². The van der Waals surface area contributed by atoms with E-state index in [1.165, 1.54) is 35.7 Å². The SMILES string of the molecule is CCc1nnc(SCC(=O)N[C@H]2CCCC[C@@H]2C)n1N. The van der Waals surface area contributed by atoms with E-state index in [0.717, 1.165) is 18.7 Å². The average molecular weight is 297 g/mol. The zero-order chi connectivity index (χ0) is 14.5. The molecule has 0 spiro atoms. The lowest BCUT2D eigenvalue weighted by Crippen LogP contribution is -2.41. The van der Waals surface area contributed by atoms with Crippen molar-refractivity contribution in [3.63, 3.8) is 0 Å². The third kappa shape index (κ3) is 3.65. The number of thioether (sulfide) groups is 1. The fraction of sp³-hybridized carbons (Fsp3) is 0.769. The van der Waals surface area contributed by atoms with Gasteiger partial charge in [0.2, 0.25) is 11.1 Å². The first-order chi connectivity index (χ1) is 9.61. The molecule has 0 bridgehead atoms. The zero-order valence-electron chi connectivity index (χ0n) is 12.1.